The summed E-state index contributed by atoms with van der Waals surface area (Å²) >= 11 is 0. The number of carbonyl (C=O) groups excluding carboxylic acids is 2. The molecule has 0 aliphatic carbocycles. The molecule has 7 heteroatoms. The third-order valence-electron chi connectivity index (χ3n) is 4.12. The van der Waals surface area contributed by atoms with Gasteiger partial charge in [-0.3, -0.25) is 19.5 Å². The van der Waals surface area contributed by atoms with Crippen molar-refractivity contribution < 1.29 is 14.7 Å². The average Bonchev–Trinajstić information content (AvgIpc) is 2.58. The summed E-state index contributed by atoms with van der Waals surface area (Å²) in [6, 6.07) is 5.19. The van der Waals surface area contributed by atoms with Gasteiger partial charge >= 0.3 is 0 Å². The van der Waals surface area contributed by atoms with Crippen LogP contribution in [0.5, 0.6) is 0 Å². The Labute approximate surface area is 142 Å². The fourth-order valence-corrected chi connectivity index (χ4v) is 2.92. The minimum Gasteiger partial charge on any atom is -0.395 e. The Kier molecular flexibility index (Phi) is 7.14. The second kappa shape index (κ2) is 9.34. The number of hydrogen-bond acceptors (Lipinski definition) is 5. The molecular formula is C17H26N4O3. The van der Waals surface area contributed by atoms with E-state index in [1.807, 2.05) is 30.0 Å². The topological polar surface area (TPSA) is 85.8 Å². The molecule has 2 amide bonds. The molecule has 1 saturated heterocycles. The predicted molar refractivity (Wildman–Crippen MR) is 90.0 cm³/mol. The van der Waals surface area contributed by atoms with Gasteiger partial charge in [0.1, 0.15) is 0 Å². The third-order valence-corrected chi connectivity index (χ3v) is 4.12. The molecule has 0 radical (unpaired) electrons. The average molecular weight is 334 g/mol. The molecule has 2 heterocycles. The van der Waals surface area contributed by atoms with Crippen molar-refractivity contribution in [2.24, 2.45) is 0 Å². The van der Waals surface area contributed by atoms with Crippen molar-refractivity contribution in [3.63, 3.8) is 0 Å². The Bertz CT molecular complexity index is 532. The number of piperazine rings is 1. The van der Waals surface area contributed by atoms with E-state index >= 15 is 0 Å². The zero-order valence-corrected chi connectivity index (χ0v) is 14.1. The number of nitrogens with zero attached hydrogens (tertiary/aromatic N) is 3. The number of aliphatic hydroxyl groups is 1. The smallest absolute Gasteiger partial charge is 0.237 e. The van der Waals surface area contributed by atoms with Crippen LogP contribution in [0.1, 0.15) is 25.5 Å². The van der Waals surface area contributed by atoms with Crippen LogP contribution >= 0.6 is 0 Å². The molecule has 1 atom stereocenters. The lowest BCUT2D eigenvalue weighted by molar-refractivity contribution is -0.139. The maximum absolute atomic E-state index is 12.5. The minimum absolute atomic E-state index is 0.0692. The molecule has 1 aliphatic heterocycles. The van der Waals surface area contributed by atoms with Gasteiger partial charge in [0, 0.05) is 38.9 Å². The Morgan fingerprint density at radius 3 is 2.96 bits per heavy atom. The van der Waals surface area contributed by atoms with Crippen LogP contribution in [0.3, 0.4) is 0 Å². The molecule has 0 unspecified atom stereocenters. The molecule has 24 heavy (non-hydrogen) atoms. The Morgan fingerprint density at radius 1 is 1.46 bits per heavy atom. The Balaban J connectivity index is 2.05. The Morgan fingerprint density at radius 2 is 2.29 bits per heavy atom. The molecule has 1 aliphatic rings. The standard InChI is InChI=1S/C17H26N4O3/c1-2-8-20(10-11-22)16(23)12-15-17(24)19-7-9-21(15)13-14-5-3-4-6-18-14/h3-6,15,22H,2,7-13H2,1H3,(H,19,24)/t15-/m1/s1. The van der Waals surface area contributed by atoms with Gasteiger partial charge in [-0.1, -0.05) is 13.0 Å². The first kappa shape index (κ1) is 18.4. The number of amides is 2. The van der Waals surface area contributed by atoms with Crippen molar-refractivity contribution in [2.75, 3.05) is 32.8 Å². The monoisotopic (exact) mass is 334 g/mol. The van der Waals surface area contributed by atoms with Gasteiger partial charge in [-0.15, -0.1) is 0 Å². The summed E-state index contributed by atoms with van der Waals surface area (Å²) in [5, 5.41) is 12.0. The largest absolute Gasteiger partial charge is 0.395 e. The normalized spacial score (nSPS) is 18.2. The molecule has 2 N–H and O–H groups in total. The highest BCUT2D eigenvalue weighted by atomic mass is 16.3. The zero-order chi connectivity index (χ0) is 17.4. The number of aromatic nitrogens is 1. The number of carbonyl (C=O) groups is 2. The first-order valence-electron chi connectivity index (χ1n) is 8.46. The first-order chi connectivity index (χ1) is 11.7. The van der Waals surface area contributed by atoms with Crippen molar-refractivity contribution >= 4 is 11.8 Å². The van der Waals surface area contributed by atoms with E-state index in [0.29, 0.717) is 32.7 Å². The van der Waals surface area contributed by atoms with E-state index in [2.05, 4.69) is 10.3 Å². The quantitative estimate of drug-likeness (QED) is 0.699. The summed E-state index contributed by atoms with van der Waals surface area (Å²) in [6.45, 7) is 4.62. The number of rotatable bonds is 8. The molecule has 1 aromatic heterocycles. The number of hydrogen-bond donors (Lipinski definition) is 2. The van der Waals surface area contributed by atoms with Crippen LogP contribution in [-0.4, -0.2) is 70.5 Å². The van der Waals surface area contributed by atoms with Crippen LogP contribution < -0.4 is 5.32 Å². The highest BCUT2D eigenvalue weighted by molar-refractivity contribution is 5.88. The van der Waals surface area contributed by atoms with Crippen LogP contribution in [0.25, 0.3) is 0 Å². The van der Waals surface area contributed by atoms with Crippen molar-refractivity contribution in [3.05, 3.63) is 30.1 Å². The fourth-order valence-electron chi connectivity index (χ4n) is 2.92. The van der Waals surface area contributed by atoms with Gasteiger partial charge in [-0.25, -0.2) is 0 Å². The van der Waals surface area contributed by atoms with Crippen LogP contribution in [-0.2, 0) is 16.1 Å². The van der Waals surface area contributed by atoms with Crippen molar-refractivity contribution in [1.82, 2.24) is 20.1 Å². The molecule has 0 aromatic carbocycles. The summed E-state index contributed by atoms with van der Waals surface area (Å²) in [7, 11) is 0. The van der Waals surface area contributed by atoms with E-state index in [-0.39, 0.29) is 24.8 Å². The van der Waals surface area contributed by atoms with Gasteiger partial charge in [0.15, 0.2) is 0 Å². The summed E-state index contributed by atoms with van der Waals surface area (Å²) in [5.41, 5.74) is 0.880. The number of nitrogens with one attached hydrogen (secondary N) is 1. The summed E-state index contributed by atoms with van der Waals surface area (Å²) in [6.07, 6.45) is 2.67. The van der Waals surface area contributed by atoms with E-state index in [1.165, 1.54) is 0 Å². The van der Waals surface area contributed by atoms with Gasteiger partial charge in [0.25, 0.3) is 0 Å². The highest BCUT2D eigenvalue weighted by Crippen LogP contribution is 2.14. The predicted octanol–water partition coefficient (Wildman–Crippen LogP) is 0.00300. The molecule has 7 nitrogen and oxygen atoms in total. The van der Waals surface area contributed by atoms with Gasteiger partial charge in [0.05, 0.1) is 24.8 Å². The molecule has 0 saturated carbocycles. The molecule has 0 spiro atoms. The highest BCUT2D eigenvalue weighted by Gasteiger charge is 2.32. The van der Waals surface area contributed by atoms with Gasteiger partial charge < -0.3 is 15.3 Å². The second-order valence-corrected chi connectivity index (χ2v) is 5.91. The maximum Gasteiger partial charge on any atom is 0.237 e. The maximum atomic E-state index is 12.5. The second-order valence-electron chi connectivity index (χ2n) is 5.91. The molecule has 0 bridgehead atoms. The number of pyridine rings is 1. The Hall–Kier alpha value is -1.99. The van der Waals surface area contributed by atoms with Crippen LogP contribution in [0.4, 0.5) is 0 Å². The van der Waals surface area contributed by atoms with E-state index < -0.39 is 6.04 Å². The zero-order valence-electron chi connectivity index (χ0n) is 14.1. The fraction of sp³-hybridized carbons (Fsp3) is 0.588. The van der Waals surface area contributed by atoms with E-state index in [9.17, 15) is 9.59 Å². The molecule has 132 valence electrons. The van der Waals surface area contributed by atoms with Gasteiger partial charge in [-0.05, 0) is 18.6 Å². The van der Waals surface area contributed by atoms with Gasteiger partial charge in [-0.2, -0.15) is 0 Å². The lowest BCUT2D eigenvalue weighted by Crippen LogP contribution is -2.56. The lowest BCUT2D eigenvalue weighted by Gasteiger charge is -2.35. The molecular weight excluding hydrogens is 308 g/mol. The van der Waals surface area contributed by atoms with Crippen LogP contribution in [0.15, 0.2) is 24.4 Å². The first-order valence-corrected chi connectivity index (χ1v) is 8.46. The molecule has 2 rings (SSSR count). The van der Waals surface area contributed by atoms with E-state index in [1.54, 1.807) is 11.1 Å². The van der Waals surface area contributed by atoms with Crippen molar-refractivity contribution in [3.8, 4) is 0 Å². The summed E-state index contributed by atoms with van der Waals surface area (Å²) in [5.74, 6) is -0.218. The van der Waals surface area contributed by atoms with Crippen LogP contribution in [0.2, 0.25) is 0 Å². The van der Waals surface area contributed by atoms with E-state index in [0.717, 1.165) is 12.1 Å². The van der Waals surface area contributed by atoms with Crippen LogP contribution in [0, 0.1) is 0 Å². The van der Waals surface area contributed by atoms with Crippen molar-refractivity contribution in [2.45, 2.75) is 32.4 Å². The summed E-state index contributed by atoms with van der Waals surface area (Å²) in [4.78, 5) is 32.7. The third kappa shape index (κ3) is 5.01. The lowest BCUT2D eigenvalue weighted by atomic mass is 10.1. The molecule has 1 fully saturated rings. The number of aliphatic hydroxyl groups excluding tert-OH is 1. The van der Waals surface area contributed by atoms with E-state index in [4.69, 9.17) is 5.11 Å². The minimum atomic E-state index is -0.494. The summed E-state index contributed by atoms with van der Waals surface area (Å²) < 4.78 is 0. The van der Waals surface area contributed by atoms with Crippen molar-refractivity contribution in [1.29, 1.82) is 0 Å². The van der Waals surface area contributed by atoms with Gasteiger partial charge in [0.2, 0.25) is 11.8 Å². The molecule has 1 aromatic rings. The SMILES string of the molecule is CCCN(CCO)C(=O)C[C@@H]1C(=O)NCCN1Cc1ccccn1.